The van der Waals surface area contributed by atoms with Gasteiger partial charge in [0.25, 0.3) is 0 Å². The van der Waals surface area contributed by atoms with Gasteiger partial charge < -0.3 is 10.6 Å². The van der Waals surface area contributed by atoms with Crippen molar-refractivity contribution in [2.75, 3.05) is 13.1 Å². The largest absolute Gasteiger partial charge is 0.328 e. The van der Waals surface area contributed by atoms with Crippen LogP contribution >= 0.6 is 0 Å². The number of nitrogens with zero attached hydrogens (tertiary/aromatic N) is 1. The number of amides is 3. The quantitative estimate of drug-likeness (QED) is 0.600. The molecular weight excluding hydrogens is 234 g/mol. The number of piperazine rings is 1. The molecule has 0 spiro atoms. The number of carbonyl (C=O) groups excluding carboxylic acids is 3. The van der Waals surface area contributed by atoms with Crippen molar-refractivity contribution in [3.8, 4) is 0 Å². The second kappa shape index (κ2) is 5.06. The van der Waals surface area contributed by atoms with Gasteiger partial charge >= 0.3 is 0 Å². The molecule has 1 aliphatic carbocycles. The first-order valence-corrected chi connectivity index (χ1v) is 6.34. The van der Waals surface area contributed by atoms with Crippen molar-refractivity contribution in [2.24, 2.45) is 17.6 Å². The van der Waals surface area contributed by atoms with Gasteiger partial charge in [-0.2, -0.15) is 0 Å². The van der Waals surface area contributed by atoms with Crippen LogP contribution in [0.3, 0.4) is 0 Å². The van der Waals surface area contributed by atoms with Crippen LogP contribution in [0.1, 0.15) is 26.2 Å². The summed E-state index contributed by atoms with van der Waals surface area (Å²) in [6.45, 7) is 1.98. The molecule has 0 bridgehead atoms. The molecule has 3 N–H and O–H groups in total. The summed E-state index contributed by atoms with van der Waals surface area (Å²) in [5.41, 5.74) is 5.87. The van der Waals surface area contributed by atoms with Crippen LogP contribution in [0.5, 0.6) is 0 Å². The van der Waals surface area contributed by atoms with Gasteiger partial charge in [-0.1, -0.05) is 6.92 Å². The molecule has 0 aromatic carbocycles. The van der Waals surface area contributed by atoms with Gasteiger partial charge in [0, 0.05) is 12.0 Å². The van der Waals surface area contributed by atoms with E-state index in [9.17, 15) is 14.4 Å². The van der Waals surface area contributed by atoms with E-state index in [1.54, 1.807) is 0 Å². The standard InChI is InChI=1S/C12H19N3O3/c1-7-4-8(13)2-3-9(7)12(18)15-5-10(16)14-11(17)6-15/h7-9H,2-6,13H2,1H3,(H,14,16,17). The number of nitrogens with one attached hydrogen (secondary N) is 1. The Labute approximate surface area is 106 Å². The molecule has 3 atom stereocenters. The third-order valence-electron chi connectivity index (χ3n) is 3.79. The Balaban J connectivity index is 2.02. The maximum atomic E-state index is 12.3. The third kappa shape index (κ3) is 2.69. The lowest BCUT2D eigenvalue weighted by atomic mass is 9.77. The molecule has 6 heteroatoms. The summed E-state index contributed by atoms with van der Waals surface area (Å²) in [5, 5.41) is 2.19. The molecule has 0 aromatic heterocycles. The molecule has 3 amide bonds. The van der Waals surface area contributed by atoms with Gasteiger partial charge in [-0.25, -0.2) is 0 Å². The van der Waals surface area contributed by atoms with Crippen molar-refractivity contribution >= 4 is 17.7 Å². The van der Waals surface area contributed by atoms with Crippen LogP contribution in [-0.4, -0.2) is 41.8 Å². The molecule has 0 aromatic rings. The molecule has 2 fully saturated rings. The second-order valence-corrected chi connectivity index (χ2v) is 5.32. The zero-order valence-corrected chi connectivity index (χ0v) is 10.5. The van der Waals surface area contributed by atoms with Gasteiger partial charge in [0.2, 0.25) is 17.7 Å². The zero-order valence-electron chi connectivity index (χ0n) is 10.5. The Bertz CT molecular complexity index is 367. The summed E-state index contributed by atoms with van der Waals surface area (Å²) >= 11 is 0. The lowest BCUT2D eigenvalue weighted by molar-refractivity contribution is -0.149. The highest BCUT2D eigenvalue weighted by molar-refractivity contribution is 6.02. The average Bonchev–Trinajstić information content (AvgIpc) is 2.26. The van der Waals surface area contributed by atoms with Crippen molar-refractivity contribution in [2.45, 2.75) is 32.2 Å². The van der Waals surface area contributed by atoms with E-state index in [1.165, 1.54) is 4.90 Å². The Hall–Kier alpha value is -1.43. The van der Waals surface area contributed by atoms with Gasteiger partial charge in [-0.05, 0) is 25.2 Å². The van der Waals surface area contributed by atoms with Crippen molar-refractivity contribution < 1.29 is 14.4 Å². The monoisotopic (exact) mass is 253 g/mol. The molecule has 1 saturated heterocycles. The minimum Gasteiger partial charge on any atom is -0.328 e. The molecule has 1 aliphatic heterocycles. The maximum Gasteiger partial charge on any atom is 0.246 e. The Kier molecular flexibility index (Phi) is 3.65. The zero-order chi connectivity index (χ0) is 13.3. The van der Waals surface area contributed by atoms with Crippen molar-refractivity contribution in [3.63, 3.8) is 0 Å². The van der Waals surface area contributed by atoms with Gasteiger partial charge in [-0.15, -0.1) is 0 Å². The van der Waals surface area contributed by atoms with E-state index in [0.29, 0.717) is 0 Å². The van der Waals surface area contributed by atoms with E-state index >= 15 is 0 Å². The third-order valence-corrected chi connectivity index (χ3v) is 3.79. The van der Waals surface area contributed by atoms with E-state index in [4.69, 9.17) is 5.73 Å². The van der Waals surface area contributed by atoms with Crippen LogP contribution in [0, 0.1) is 11.8 Å². The molecule has 3 unspecified atom stereocenters. The average molecular weight is 253 g/mol. The van der Waals surface area contributed by atoms with Crippen molar-refractivity contribution in [1.82, 2.24) is 10.2 Å². The van der Waals surface area contributed by atoms with Crippen LogP contribution in [0.2, 0.25) is 0 Å². The summed E-state index contributed by atoms with van der Waals surface area (Å²) in [4.78, 5) is 36.2. The predicted octanol–water partition coefficient (Wildman–Crippen LogP) is -0.765. The molecule has 2 aliphatic rings. The van der Waals surface area contributed by atoms with Crippen LogP contribution in [-0.2, 0) is 14.4 Å². The summed E-state index contributed by atoms with van der Waals surface area (Å²) in [6.07, 6.45) is 2.40. The first-order valence-electron chi connectivity index (χ1n) is 6.34. The molecule has 1 saturated carbocycles. The fraction of sp³-hybridized carbons (Fsp3) is 0.750. The first kappa shape index (κ1) is 13.0. The highest BCUT2D eigenvalue weighted by atomic mass is 16.2. The molecule has 1 heterocycles. The van der Waals surface area contributed by atoms with Crippen LogP contribution < -0.4 is 11.1 Å². The number of hydrogen-bond acceptors (Lipinski definition) is 4. The topological polar surface area (TPSA) is 92.5 Å². The minimum absolute atomic E-state index is 0.0140. The molecular formula is C12H19N3O3. The van der Waals surface area contributed by atoms with E-state index < -0.39 is 11.8 Å². The number of carbonyl (C=O) groups is 3. The second-order valence-electron chi connectivity index (χ2n) is 5.32. The SMILES string of the molecule is CC1CC(N)CCC1C(=O)N1CC(=O)NC(=O)C1. The smallest absolute Gasteiger partial charge is 0.246 e. The summed E-state index contributed by atoms with van der Waals surface area (Å²) < 4.78 is 0. The molecule has 18 heavy (non-hydrogen) atoms. The predicted molar refractivity (Wildman–Crippen MR) is 64.2 cm³/mol. The normalized spacial score (nSPS) is 33.2. The van der Waals surface area contributed by atoms with Crippen LogP contribution in [0.15, 0.2) is 0 Å². The maximum absolute atomic E-state index is 12.3. The lowest BCUT2D eigenvalue weighted by Gasteiger charge is -2.35. The Morgan fingerprint density at radius 2 is 1.89 bits per heavy atom. The van der Waals surface area contributed by atoms with Crippen LogP contribution in [0.25, 0.3) is 0 Å². The fourth-order valence-electron chi connectivity index (χ4n) is 2.83. The van der Waals surface area contributed by atoms with E-state index in [2.05, 4.69) is 5.32 Å². The highest BCUT2D eigenvalue weighted by Crippen LogP contribution is 2.30. The van der Waals surface area contributed by atoms with E-state index in [-0.39, 0.29) is 36.9 Å². The Morgan fingerprint density at radius 1 is 1.28 bits per heavy atom. The van der Waals surface area contributed by atoms with E-state index in [0.717, 1.165) is 19.3 Å². The van der Waals surface area contributed by atoms with Crippen molar-refractivity contribution in [3.05, 3.63) is 0 Å². The van der Waals surface area contributed by atoms with Gasteiger partial charge in [0.1, 0.15) is 13.1 Å². The molecule has 2 rings (SSSR count). The fourth-order valence-corrected chi connectivity index (χ4v) is 2.83. The van der Waals surface area contributed by atoms with Crippen molar-refractivity contribution in [1.29, 1.82) is 0 Å². The van der Waals surface area contributed by atoms with Gasteiger partial charge in [0.05, 0.1) is 0 Å². The highest BCUT2D eigenvalue weighted by Gasteiger charge is 2.36. The van der Waals surface area contributed by atoms with Gasteiger partial charge in [0.15, 0.2) is 0 Å². The number of rotatable bonds is 1. The van der Waals surface area contributed by atoms with Gasteiger partial charge in [-0.3, -0.25) is 19.7 Å². The number of nitrogens with two attached hydrogens (primary N) is 1. The van der Waals surface area contributed by atoms with E-state index in [1.807, 2.05) is 6.92 Å². The summed E-state index contributed by atoms with van der Waals surface area (Å²) in [7, 11) is 0. The minimum atomic E-state index is -0.403. The Morgan fingerprint density at radius 3 is 2.44 bits per heavy atom. The summed E-state index contributed by atoms with van der Waals surface area (Å²) in [6, 6.07) is 0.162. The molecule has 0 radical (unpaired) electrons. The number of imide groups is 1. The number of hydrogen-bond donors (Lipinski definition) is 2. The first-order chi connectivity index (χ1) is 8.47. The van der Waals surface area contributed by atoms with Crippen LogP contribution in [0.4, 0.5) is 0 Å². The molecule has 100 valence electrons. The lowest BCUT2D eigenvalue weighted by Crippen LogP contribution is -2.55. The summed E-state index contributed by atoms with van der Waals surface area (Å²) in [5.74, 6) is -0.790. The molecule has 6 nitrogen and oxygen atoms in total.